The molecule has 0 radical (unpaired) electrons. The van der Waals surface area contributed by atoms with Crippen molar-refractivity contribution in [3.05, 3.63) is 76.6 Å². The number of benzene rings is 1. The van der Waals surface area contributed by atoms with Gasteiger partial charge >= 0.3 is 0 Å². The molecule has 126 valence electrons. The molecular weight excluding hydrogens is 359 g/mol. The lowest BCUT2D eigenvalue weighted by Gasteiger charge is -2.19. The molecule has 0 N–H and O–H groups in total. The van der Waals surface area contributed by atoms with Gasteiger partial charge in [0.25, 0.3) is 0 Å². The van der Waals surface area contributed by atoms with Crippen LogP contribution in [0.15, 0.2) is 55.2 Å². The molecule has 0 saturated carbocycles. The smallest absolute Gasteiger partial charge is 0.168 e. The fraction of sp³-hybridized carbons (Fsp3) is 0.111. The summed E-state index contributed by atoms with van der Waals surface area (Å²) >= 11 is 12.2. The van der Waals surface area contributed by atoms with Crippen molar-refractivity contribution in [2.24, 2.45) is 0 Å². The predicted octanol–water partition coefficient (Wildman–Crippen LogP) is 4.37. The Hall–Kier alpha value is -2.50. The van der Waals surface area contributed by atoms with Crippen LogP contribution in [0.5, 0.6) is 0 Å². The summed E-state index contributed by atoms with van der Waals surface area (Å²) in [5.74, 6) is -0.0868. The molecule has 3 aromatic rings. The molecule has 0 aliphatic heterocycles. The minimum Gasteiger partial charge on any atom is -0.342 e. The van der Waals surface area contributed by atoms with Crippen LogP contribution in [-0.4, -0.2) is 27.8 Å². The second-order valence-electron chi connectivity index (χ2n) is 5.42. The zero-order valence-corrected chi connectivity index (χ0v) is 14.9. The molecule has 0 aliphatic carbocycles. The molecule has 0 spiro atoms. The van der Waals surface area contributed by atoms with Crippen molar-refractivity contribution >= 4 is 40.4 Å². The van der Waals surface area contributed by atoms with Crippen molar-refractivity contribution in [1.82, 2.24) is 15.0 Å². The first-order chi connectivity index (χ1) is 12.0. The van der Waals surface area contributed by atoms with E-state index in [0.717, 1.165) is 11.4 Å². The summed E-state index contributed by atoms with van der Waals surface area (Å²) < 4.78 is 0. The van der Waals surface area contributed by atoms with Crippen LogP contribution in [0.1, 0.15) is 16.1 Å². The van der Waals surface area contributed by atoms with E-state index >= 15 is 0 Å². The summed E-state index contributed by atoms with van der Waals surface area (Å²) in [5.41, 5.74) is 2.68. The number of aromatic nitrogens is 3. The van der Waals surface area contributed by atoms with Gasteiger partial charge in [-0.25, -0.2) is 9.97 Å². The maximum Gasteiger partial charge on any atom is 0.168 e. The first-order valence-corrected chi connectivity index (χ1v) is 8.21. The number of hydrogen-bond acceptors (Lipinski definition) is 5. The molecule has 0 amide bonds. The number of carbonyl (C=O) groups excluding carboxylic acids is 1. The van der Waals surface area contributed by atoms with Gasteiger partial charge in [0.2, 0.25) is 0 Å². The minimum absolute atomic E-state index is 0.0868. The molecular formula is C18H14Cl2N4O. The van der Waals surface area contributed by atoms with E-state index in [0.29, 0.717) is 21.3 Å². The maximum atomic E-state index is 12.6. The molecule has 5 nitrogen and oxygen atoms in total. The van der Waals surface area contributed by atoms with Gasteiger partial charge in [-0.3, -0.25) is 9.78 Å². The van der Waals surface area contributed by atoms with Crippen LogP contribution in [0, 0.1) is 0 Å². The number of rotatable bonds is 5. The first kappa shape index (κ1) is 17.3. The Bertz CT molecular complexity index is 903. The molecule has 0 bridgehead atoms. The van der Waals surface area contributed by atoms with Gasteiger partial charge in [-0.15, -0.1) is 0 Å². The van der Waals surface area contributed by atoms with Gasteiger partial charge in [0.15, 0.2) is 5.78 Å². The molecule has 25 heavy (non-hydrogen) atoms. The Morgan fingerprint density at radius 2 is 1.80 bits per heavy atom. The number of hydrogen-bond donors (Lipinski definition) is 0. The van der Waals surface area contributed by atoms with E-state index in [2.05, 4.69) is 15.0 Å². The summed E-state index contributed by atoms with van der Waals surface area (Å²) in [6, 6.07) is 8.56. The summed E-state index contributed by atoms with van der Waals surface area (Å²) in [5, 5.41) is 1.02. The van der Waals surface area contributed by atoms with Crippen LogP contribution in [0.25, 0.3) is 0 Å². The second-order valence-corrected chi connectivity index (χ2v) is 6.29. The Balaban J connectivity index is 1.87. The van der Waals surface area contributed by atoms with E-state index in [1.165, 1.54) is 6.33 Å². The fourth-order valence-electron chi connectivity index (χ4n) is 2.35. The van der Waals surface area contributed by atoms with Crippen molar-refractivity contribution in [1.29, 1.82) is 0 Å². The van der Waals surface area contributed by atoms with Gasteiger partial charge in [0, 0.05) is 40.2 Å². The third-order valence-corrected chi connectivity index (χ3v) is 4.10. The van der Waals surface area contributed by atoms with Crippen molar-refractivity contribution in [3.8, 4) is 0 Å². The zero-order chi connectivity index (χ0) is 17.8. The number of pyridine rings is 1. The van der Waals surface area contributed by atoms with E-state index in [-0.39, 0.29) is 12.2 Å². The molecule has 7 heteroatoms. The Kier molecular flexibility index (Phi) is 5.26. The quantitative estimate of drug-likeness (QED) is 0.622. The minimum atomic E-state index is -0.0868. The average Bonchev–Trinajstić information content (AvgIpc) is 2.61. The molecule has 3 rings (SSSR count). The lowest BCUT2D eigenvalue weighted by molar-refractivity contribution is 0.0992. The topological polar surface area (TPSA) is 59.0 Å². The SMILES string of the molecule is CN(c1cncnc1)c1cc(Cl)cc(C(=O)Cc2cc(Cl)ccn2)c1. The van der Waals surface area contributed by atoms with E-state index in [9.17, 15) is 4.79 Å². The monoisotopic (exact) mass is 372 g/mol. The number of anilines is 2. The van der Waals surface area contributed by atoms with Gasteiger partial charge < -0.3 is 4.90 Å². The highest BCUT2D eigenvalue weighted by molar-refractivity contribution is 6.31. The number of nitrogens with zero attached hydrogens (tertiary/aromatic N) is 4. The van der Waals surface area contributed by atoms with Crippen molar-refractivity contribution in [3.63, 3.8) is 0 Å². The van der Waals surface area contributed by atoms with Gasteiger partial charge in [0.1, 0.15) is 6.33 Å². The van der Waals surface area contributed by atoms with Gasteiger partial charge in [-0.05, 0) is 30.3 Å². The van der Waals surface area contributed by atoms with Crippen LogP contribution in [0.4, 0.5) is 11.4 Å². The highest BCUT2D eigenvalue weighted by atomic mass is 35.5. The fourth-order valence-corrected chi connectivity index (χ4v) is 2.77. The molecule has 2 heterocycles. The Labute approximate surface area is 155 Å². The van der Waals surface area contributed by atoms with Crippen LogP contribution in [0.3, 0.4) is 0 Å². The highest BCUT2D eigenvalue weighted by Crippen LogP contribution is 2.27. The van der Waals surface area contributed by atoms with Crippen LogP contribution in [0.2, 0.25) is 10.0 Å². The summed E-state index contributed by atoms with van der Waals surface area (Å²) in [6.07, 6.45) is 6.56. The third-order valence-electron chi connectivity index (χ3n) is 3.65. The zero-order valence-electron chi connectivity index (χ0n) is 13.4. The second kappa shape index (κ2) is 7.59. The van der Waals surface area contributed by atoms with Crippen molar-refractivity contribution < 1.29 is 4.79 Å². The van der Waals surface area contributed by atoms with E-state index in [4.69, 9.17) is 23.2 Å². The van der Waals surface area contributed by atoms with E-state index < -0.39 is 0 Å². The van der Waals surface area contributed by atoms with Crippen LogP contribution in [-0.2, 0) is 6.42 Å². The molecule has 0 aliphatic rings. The van der Waals surface area contributed by atoms with E-state index in [1.54, 1.807) is 48.9 Å². The summed E-state index contributed by atoms with van der Waals surface area (Å²) in [4.78, 5) is 26.6. The summed E-state index contributed by atoms with van der Waals surface area (Å²) in [7, 11) is 1.86. The van der Waals surface area contributed by atoms with E-state index in [1.807, 2.05) is 11.9 Å². The number of ketones is 1. The Morgan fingerprint density at radius 1 is 1.04 bits per heavy atom. The lowest BCUT2D eigenvalue weighted by Crippen LogP contribution is -2.12. The van der Waals surface area contributed by atoms with Gasteiger partial charge in [-0.2, -0.15) is 0 Å². The average molecular weight is 373 g/mol. The standard InChI is InChI=1S/C18H14Cl2N4O/c1-24(17-9-21-11-22-10-17)16-5-12(4-14(20)7-16)18(25)8-15-6-13(19)2-3-23-15/h2-7,9-11H,8H2,1H3. The molecule has 1 aromatic carbocycles. The molecule has 0 fully saturated rings. The normalized spacial score (nSPS) is 10.5. The number of halogens is 2. The third kappa shape index (κ3) is 4.32. The Morgan fingerprint density at radius 3 is 2.52 bits per heavy atom. The lowest BCUT2D eigenvalue weighted by atomic mass is 10.1. The molecule has 2 aromatic heterocycles. The van der Waals surface area contributed by atoms with Gasteiger partial charge in [-0.1, -0.05) is 23.2 Å². The van der Waals surface area contributed by atoms with Gasteiger partial charge in [0.05, 0.1) is 24.5 Å². The van der Waals surface area contributed by atoms with Crippen LogP contribution < -0.4 is 4.90 Å². The maximum absolute atomic E-state index is 12.6. The van der Waals surface area contributed by atoms with Crippen molar-refractivity contribution in [2.45, 2.75) is 6.42 Å². The van der Waals surface area contributed by atoms with Crippen LogP contribution >= 0.6 is 23.2 Å². The predicted molar refractivity (Wildman–Crippen MR) is 98.8 cm³/mol. The number of carbonyl (C=O) groups is 1. The summed E-state index contributed by atoms with van der Waals surface area (Å²) in [6.45, 7) is 0. The largest absolute Gasteiger partial charge is 0.342 e. The highest BCUT2D eigenvalue weighted by Gasteiger charge is 2.13. The first-order valence-electron chi connectivity index (χ1n) is 7.46. The van der Waals surface area contributed by atoms with Crippen molar-refractivity contribution in [2.75, 3.05) is 11.9 Å². The molecule has 0 unspecified atom stereocenters. The molecule has 0 atom stereocenters. The molecule has 0 saturated heterocycles. The number of Topliss-reactive ketones (excluding diaryl/α,β-unsaturated/α-hetero) is 1.